The van der Waals surface area contributed by atoms with E-state index in [1.165, 1.54) is 4.90 Å². The molecule has 0 bridgehead atoms. The Morgan fingerprint density at radius 3 is 2.27 bits per heavy atom. The van der Waals surface area contributed by atoms with Crippen LogP contribution in [0, 0.1) is 0 Å². The predicted octanol–water partition coefficient (Wildman–Crippen LogP) is 1.97. The second kappa shape index (κ2) is 3.51. The summed E-state index contributed by atoms with van der Waals surface area (Å²) >= 11 is 0. The highest BCUT2D eigenvalue weighted by Crippen LogP contribution is 2.27. The molecule has 0 atom stereocenters. The van der Waals surface area contributed by atoms with Crippen molar-refractivity contribution >= 4 is 11.9 Å². The molecule has 0 aromatic heterocycles. The second-order valence-electron chi connectivity index (χ2n) is 5.59. The Morgan fingerprint density at radius 1 is 1.40 bits per heavy atom. The summed E-state index contributed by atoms with van der Waals surface area (Å²) in [5.41, 5.74) is -0.932. The normalized spacial score (nSPS) is 20.6. The van der Waals surface area contributed by atoms with Crippen molar-refractivity contribution in [2.24, 2.45) is 0 Å². The zero-order chi connectivity index (χ0) is 11.9. The maximum atomic E-state index is 11.8. The van der Waals surface area contributed by atoms with Gasteiger partial charge in [-0.1, -0.05) is 0 Å². The monoisotopic (exact) mass is 213 g/mol. The van der Waals surface area contributed by atoms with Crippen LogP contribution in [-0.4, -0.2) is 34.5 Å². The highest BCUT2D eigenvalue weighted by Gasteiger charge is 2.42. The van der Waals surface area contributed by atoms with E-state index in [1.54, 1.807) is 0 Å². The van der Waals surface area contributed by atoms with E-state index in [2.05, 4.69) is 0 Å². The largest absolute Gasteiger partial charge is 0.444 e. The maximum absolute atomic E-state index is 11.8. The number of carbonyl (C=O) groups is 2. The Balaban J connectivity index is 2.72. The van der Waals surface area contributed by atoms with Gasteiger partial charge in [0.05, 0.1) is 6.54 Å². The minimum atomic E-state index is -0.515. The molecule has 1 fully saturated rings. The minimum Gasteiger partial charge on any atom is -0.444 e. The van der Waals surface area contributed by atoms with Gasteiger partial charge in [0.15, 0.2) is 5.78 Å². The summed E-state index contributed by atoms with van der Waals surface area (Å²) in [5.74, 6) is 0.0888. The summed E-state index contributed by atoms with van der Waals surface area (Å²) in [4.78, 5) is 24.6. The summed E-state index contributed by atoms with van der Waals surface area (Å²) in [6.07, 6.45) is 0.00467. The molecule has 1 aliphatic rings. The topological polar surface area (TPSA) is 46.6 Å². The number of ether oxygens (including phenoxy) is 1. The number of amides is 1. The van der Waals surface area contributed by atoms with Gasteiger partial charge >= 0.3 is 6.09 Å². The third kappa shape index (κ3) is 2.94. The van der Waals surface area contributed by atoms with Gasteiger partial charge in [0.25, 0.3) is 0 Å². The summed E-state index contributed by atoms with van der Waals surface area (Å²) in [6.45, 7) is 9.37. The van der Waals surface area contributed by atoms with Crippen LogP contribution in [0.2, 0.25) is 0 Å². The lowest BCUT2D eigenvalue weighted by Gasteiger charge is -2.32. The predicted molar refractivity (Wildman–Crippen MR) is 56.6 cm³/mol. The molecule has 1 saturated heterocycles. The Morgan fingerprint density at radius 2 is 1.93 bits per heavy atom. The molecule has 15 heavy (non-hydrogen) atoms. The number of nitrogens with zero attached hydrogens (tertiary/aromatic N) is 1. The van der Waals surface area contributed by atoms with Gasteiger partial charge in [-0.3, -0.25) is 9.69 Å². The van der Waals surface area contributed by atoms with Crippen molar-refractivity contribution in [3.8, 4) is 0 Å². The van der Waals surface area contributed by atoms with Crippen LogP contribution >= 0.6 is 0 Å². The van der Waals surface area contributed by atoms with Gasteiger partial charge in [-0.15, -0.1) is 0 Å². The van der Waals surface area contributed by atoms with Crippen LogP contribution in [0.1, 0.15) is 41.0 Å². The van der Waals surface area contributed by atoms with Crippen LogP contribution in [0.15, 0.2) is 0 Å². The van der Waals surface area contributed by atoms with E-state index >= 15 is 0 Å². The Hall–Kier alpha value is -1.06. The summed E-state index contributed by atoms with van der Waals surface area (Å²) in [6, 6.07) is 0. The van der Waals surface area contributed by atoms with E-state index in [9.17, 15) is 9.59 Å². The number of likely N-dealkylation sites (tertiary alicyclic amines) is 1. The number of ketones is 1. The summed E-state index contributed by atoms with van der Waals surface area (Å²) < 4.78 is 5.24. The second-order valence-corrected chi connectivity index (χ2v) is 5.59. The molecule has 1 aliphatic heterocycles. The molecule has 0 aromatic rings. The molecule has 0 spiro atoms. The number of Topliss-reactive ketones (excluding diaryl/α,β-unsaturated/α-hetero) is 1. The van der Waals surface area contributed by atoms with E-state index in [4.69, 9.17) is 4.74 Å². The number of rotatable bonds is 0. The van der Waals surface area contributed by atoms with E-state index in [-0.39, 0.29) is 12.3 Å². The smallest absolute Gasteiger partial charge is 0.411 e. The van der Waals surface area contributed by atoms with E-state index in [0.717, 1.165) is 0 Å². The molecule has 0 radical (unpaired) electrons. The van der Waals surface area contributed by atoms with Crippen LogP contribution in [0.4, 0.5) is 4.79 Å². The average molecular weight is 213 g/mol. The van der Waals surface area contributed by atoms with Crippen LogP contribution < -0.4 is 0 Å². The molecule has 0 aromatic carbocycles. The first-order valence-corrected chi connectivity index (χ1v) is 5.14. The first kappa shape index (κ1) is 12.0. The highest BCUT2D eigenvalue weighted by atomic mass is 16.6. The Labute approximate surface area is 90.6 Å². The van der Waals surface area contributed by atoms with Gasteiger partial charge < -0.3 is 4.74 Å². The summed E-state index contributed by atoms with van der Waals surface area (Å²) in [5, 5.41) is 0. The zero-order valence-corrected chi connectivity index (χ0v) is 10.1. The molecule has 1 amide bonds. The van der Waals surface area contributed by atoms with E-state index in [0.29, 0.717) is 6.42 Å². The van der Waals surface area contributed by atoms with Gasteiger partial charge in [-0.2, -0.15) is 0 Å². The number of carbonyl (C=O) groups excluding carboxylic acids is 2. The lowest BCUT2D eigenvalue weighted by Crippen LogP contribution is -2.45. The van der Waals surface area contributed by atoms with Gasteiger partial charge in [-0.05, 0) is 34.6 Å². The van der Waals surface area contributed by atoms with Crippen LogP contribution in [0.3, 0.4) is 0 Å². The van der Waals surface area contributed by atoms with Gasteiger partial charge in [-0.25, -0.2) is 4.79 Å². The SMILES string of the molecule is CC(C)(C)OC(=O)N1CC(=O)CC1(C)C. The Kier molecular flexibility index (Phi) is 2.81. The third-order valence-electron chi connectivity index (χ3n) is 2.31. The molecule has 0 aliphatic carbocycles. The molecule has 0 saturated carbocycles. The van der Waals surface area contributed by atoms with Crippen LogP contribution in [0.5, 0.6) is 0 Å². The van der Waals surface area contributed by atoms with Crippen molar-refractivity contribution in [1.29, 1.82) is 0 Å². The first-order chi connectivity index (χ1) is 6.62. The van der Waals surface area contributed by atoms with Crippen LogP contribution in [0.25, 0.3) is 0 Å². The maximum Gasteiger partial charge on any atom is 0.411 e. The van der Waals surface area contributed by atoms with Crippen molar-refractivity contribution in [3.05, 3.63) is 0 Å². The average Bonchev–Trinajstić information content (AvgIpc) is 2.20. The first-order valence-electron chi connectivity index (χ1n) is 5.14. The van der Waals surface area contributed by atoms with E-state index < -0.39 is 17.2 Å². The van der Waals surface area contributed by atoms with Gasteiger partial charge in [0, 0.05) is 12.0 Å². The lowest BCUT2D eigenvalue weighted by atomic mass is 10.0. The summed E-state index contributed by atoms with van der Waals surface area (Å²) in [7, 11) is 0. The molecule has 4 nitrogen and oxygen atoms in total. The molecule has 4 heteroatoms. The quantitative estimate of drug-likeness (QED) is 0.618. The standard InChI is InChI=1S/C11H19NO3/c1-10(2,3)15-9(14)12-7-8(13)6-11(12,4)5/h6-7H2,1-5H3. The van der Waals surface area contributed by atoms with Gasteiger partial charge in [0.1, 0.15) is 5.60 Å². The number of hydrogen-bond donors (Lipinski definition) is 0. The van der Waals surface area contributed by atoms with E-state index in [1.807, 2.05) is 34.6 Å². The number of hydrogen-bond acceptors (Lipinski definition) is 3. The van der Waals surface area contributed by atoms with Crippen molar-refractivity contribution in [2.75, 3.05) is 6.54 Å². The molecular weight excluding hydrogens is 194 g/mol. The van der Waals surface area contributed by atoms with Crippen molar-refractivity contribution in [2.45, 2.75) is 52.2 Å². The minimum absolute atomic E-state index is 0.0888. The molecule has 1 heterocycles. The molecule has 86 valence electrons. The fourth-order valence-corrected chi connectivity index (χ4v) is 1.65. The molecule has 1 rings (SSSR count). The lowest BCUT2D eigenvalue weighted by molar-refractivity contribution is -0.117. The van der Waals surface area contributed by atoms with Crippen molar-refractivity contribution < 1.29 is 14.3 Å². The highest BCUT2D eigenvalue weighted by molar-refractivity contribution is 5.89. The fourth-order valence-electron chi connectivity index (χ4n) is 1.65. The van der Waals surface area contributed by atoms with Crippen LogP contribution in [-0.2, 0) is 9.53 Å². The third-order valence-corrected chi connectivity index (χ3v) is 2.31. The van der Waals surface area contributed by atoms with Crippen molar-refractivity contribution in [1.82, 2.24) is 4.90 Å². The fraction of sp³-hybridized carbons (Fsp3) is 0.818. The zero-order valence-electron chi connectivity index (χ0n) is 10.1. The van der Waals surface area contributed by atoms with Crippen molar-refractivity contribution in [3.63, 3.8) is 0 Å². The molecular formula is C11H19NO3. The molecule has 0 unspecified atom stereocenters. The molecule has 0 N–H and O–H groups in total. The van der Waals surface area contributed by atoms with Gasteiger partial charge in [0.2, 0.25) is 0 Å². The Bertz CT molecular complexity index is 289.